The summed E-state index contributed by atoms with van der Waals surface area (Å²) in [6.45, 7) is 18.0. The first-order chi connectivity index (χ1) is 9.23. The average Bonchev–Trinajstić information content (AvgIpc) is 2.35. The lowest BCUT2D eigenvalue weighted by Gasteiger charge is -2.38. The van der Waals surface area contributed by atoms with E-state index in [1.807, 2.05) is 0 Å². The Morgan fingerprint density at radius 1 is 1.00 bits per heavy atom. The first kappa shape index (κ1) is 19.1. The third kappa shape index (κ3) is 4.29. The van der Waals surface area contributed by atoms with Gasteiger partial charge in [0.15, 0.2) is 0 Å². The van der Waals surface area contributed by atoms with Crippen LogP contribution in [-0.4, -0.2) is 14.1 Å². The quantitative estimate of drug-likeness (QED) is 0.191. The topological polar surface area (TPSA) is 48.8 Å². The van der Waals surface area contributed by atoms with Crippen molar-refractivity contribution in [3.05, 3.63) is 10.4 Å². The van der Waals surface area contributed by atoms with Crippen LogP contribution in [-0.2, 0) is 0 Å². The van der Waals surface area contributed by atoms with Crippen LogP contribution in [0.2, 0.25) is 16.6 Å². The lowest BCUT2D eigenvalue weighted by atomic mass is 10.0. The summed E-state index contributed by atoms with van der Waals surface area (Å²) in [5.74, 6) is 3.66. The molecule has 0 fully saturated rings. The van der Waals surface area contributed by atoms with E-state index in [9.17, 15) is 0 Å². The van der Waals surface area contributed by atoms with Gasteiger partial charge in [0, 0.05) is 4.91 Å². The maximum absolute atomic E-state index is 8.74. The van der Waals surface area contributed by atoms with Crippen LogP contribution in [0, 0.1) is 17.4 Å². The fraction of sp³-hybridized carbons (Fsp3) is 0.875. The summed E-state index contributed by atoms with van der Waals surface area (Å²) in [5.41, 5.74) is 14.2. The third-order valence-electron chi connectivity index (χ3n) is 4.66. The average molecular weight is 294 g/mol. The Kier molecular flexibility index (Phi) is 8.01. The van der Waals surface area contributed by atoms with Gasteiger partial charge in [-0.25, -0.2) is 0 Å². The summed E-state index contributed by atoms with van der Waals surface area (Å²) in [4.78, 5) is 2.98. The van der Waals surface area contributed by atoms with Crippen LogP contribution in [0.4, 0.5) is 0 Å². The van der Waals surface area contributed by atoms with Gasteiger partial charge in [-0.15, -0.1) is 11.5 Å². The van der Waals surface area contributed by atoms with Crippen LogP contribution in [0.1, 0.15) is 61.8 Å². The Labute approximate surface area is 126 Å². The minimum atomic E-state index is -1.72. The molecule has 0 radical (unpaired) electrons. The highest BCUT2D eigenvalue weighted by atomic mass is 28.3. The van der Waals surface area contributed by atoms with Crippen LogP contribution in [0.5, 0.6) is 0 Å². The van der Waals surface area contributed by atoms with E-state index in [-0.39, 0.29) is 6.04 Å². The van der Waals surface area contributed by atoms with Gasteiger partial charge in [0.25, 0.3) is 0 Å². The Hall–Kier alpha value is -0.913. The van der Waals surface area contributed by atoms with Gasteiger partial charge in [0.05, 0.1) is 0 Å². The molecule has 2 atom stereocenters. The maximum Gasteiger partial charge on any atom is 0.145 e. The smallest absolute Gasteiger partial charge is 0.130 e. The molecule has 20 heavy (non-hydrogen) atoms. The molecule has 0 N–H and O–H groups in total. The zero-order valence-corrected chi connectivity index (χ0v) is 15.4. The number of azide groups is 1. The van der Waals surface area contributed by atoms with Crippen molar-refractivity contribution in [3.63, 3.8) is 0 Å². The molecule has 114 valence electrons. The first-order valence-corrected chi connectivity index (χ1v) is 10.0. The van der Waals surface area contributed by atoms with E-state index in [2.05, 4.69) is 76.9 Å². The highest BCUT2D eigenvalue weighted by Crippen LogP contribution is 2.40. The number of rotatable bonds is 6. The van der Waals surface area contributed by atoms with Gasteiger partial charge in [0.1, 0.15) is 14.1 Å². The molecule has 0 aliphatic heterocycles. The second kappa shape index (κ2) is 8.39. The molecule has 0 aliphatic rings. The van der Waals surface area contributed by atoms with Crippen molar-refractivity contribution < 1.29 is 0 Å². The molecule has 4 heteroatoms. The van der Waals surface area contributed by atoms with Crippen molar-refractivity contribution >= 4 is 8.07 Å². The monoisotopic (exact) mass is 293 g/mol. The lowest BCUT2D eigenvalue weighted by molar-refractivity contribution is 0.512. The SMILES string of the molecule is CCC(C)C(C#C[Si](C(C)C)(C(C)C)C(C)C)N=[N+]=[N-]. The van der Waals surface area contributed by atoms with E-state index >= 15 is 0 Å². The summed E-state index contributed by atoms with van der Waals surface area (Å²) < 4.78 is 0. The van der Waals surface area contributed by atoms with Crippen molar-refractivity contribution in [2.45, 2.75) is 84.5 Å². The van der Waals surface area contributed by atoms with Crippen LogP contribution < -0.4 is 0 Å². The first-order valence-electron chi connectivity index (χ1n) is 7.80. The Bertz CT molecular complexity index is 376. The van der Waals surface area contributed by atoms with E-state index in [0.717, 1.165) is 6.42 Å². The second-order valence-corrected chi connectivity index (χ2v) is 12.3. The minimum absolute atomic E-state index is 0.187. The number of nitrogens with zero attached hydrogens (tertiary/aromatic N) is 3. The molecule has 0 aliphatic carbocycles. The van der Waals surface area contributed by atoms with E-state index < -0.39 is 8.07 Å². The largest absolute Gasteiger partial charge is 0.145 e. The fourth-order valence-electron chi connectivity index (χ4n) is 3.20. The maximum atomic E-state index is 8.74. The Morgan fingerprint density at radius 3 is 1.75 bits per heavy atom. The Balaban J connectivity index is 5.67. The zero-order chi connectivity index (χ0) is 15.9. The summed E-state index contributed by atoms with van der Waals surface area (Å²) in [6.07, 6.45) is 0.984. The lowest BCUT2D eigenvalue weighted by Crippen LogP contribution is -2.43. The fourth-order valence-corrected chi connectivity index (χ4v) is 8.46. The van der Waals surface area contributed by atoms with Crippen molar-refractivity contribution in [2.24, 2.45) is 11.0 Å². The Morgan fingerprint density at radius 2 is 1.45 bits per heavy atom. The van der Waals surface area contributed by atoms with Crippen LogP contribution in [0.3, 0.4) is 0 Å². The highest BCUT2D eigenvalue weighted by molar-refractivity contribution is 6.90. The molecule has 0 heterocycles. The van der Waals surface area contributed by atoms with Gasteiger partial charge >= 0.3 is 0 Å². The molecular formula is C16H31N3Si. The van der Waals surface area contributed by atoms with Gasteiger partial charge in [0.2, 0.25) is 0 Å². The molecule has 0 aromatic rings. The molecule has 2 unspecified atom stereocenters. The molecule has 0 amide bonds. The van der Waals surface area contributed by atoms with E-state index in [4.69, 9.17) is 5.53 Å². The predicted octanol–water partition coefficient (Wildman–Crippen LogP) is 5.93. The van der Waals surface area contributed by atoms with Gasteiger partial charge in [-0.2, -0.15) is 0 Å². The van der Waals surface area contributed by atoms with E-state index in [0.29, 0.717) is 22.5 Å². The van der Waals surface area contributed by atoms with Gasteiger partial charge in [-0.1, -0.05) is 66.9 Å². The van der Waals surface area contributed by atoms with Crippen molar-refractivity contribution in [1.82, 2.24) is 0 Å². The molecule has 0 saturated heterocycles. The summed E-state index contributed by atoms with van der Waals surface area (Å²) in [5, 5.41) is 3.91. The predicted molar refractivity (Wildman–Crippen MR) is 91.2 cm³/mol. The van der Waals surface area contributed by atoms with Crippen LogP contribution in [0.25, 0.3) is 10.4 Å². The summed E-state index contributed by atoms with van der Waals surface area (Å²) >= 11 is 0. The molecule has 0 bridgehead atoms. The molecule has 3 nitrogen and oxygen atoms in total. The van der Waals surface area contributed by atoms with Gasteiger partial charge in [-0.3, -0.25) is 0 Å². The van der Waals surface area contributed by atoms with E-state index in [1.165, 1.54) is 0 Å². The molecular weight excluding hydrogens is 262 g/mol. The highest BCUT2D eigenvalue weighted by Gasteiger charge is 2.41. The van der Waals surface area contributed by atoms with Gasteiger partial charge in [-0.05, 0) is 28.1 Å². The normalized spacial score (nSPS) is 14.8. The minimum Gasteiger partial charge on any atom is -0.130 e. The molecule has 0 rings (SSSR count). The second-order valence-electron chi connectivity index (χ2n) is 6.70. The summed E-state index contributed by atoms with van der Waals surface area (Å²) in [6, 6.07) is -0.187. The third-order valence-corrected chi connectivity index (χ3v) is 11.0. The molecule has 0 aromatic heterocycles. The standard InChI is InChI=1S/C16H31N3Si/c1-9-15(8)16(18-19-17)10-11-20(12(2)3,13(4)5)14(6)7/h12-16H,9H2,1-8H3. The van der Waals surface area contributed by atoms with Crippen molar-refractivity contribution in [3.8, 4) is 11.5 Å². The van der Waals surface area contributed by atoms with E-state index in [1.54, 1.807) is 0 Å². The van der Waals surface area contributed by atoms with Crippen molar-refractivity contribution in [2.75, 3.05) is 0 Å². The molecule has 0 saturated carbocycles. The van der Waals surface area contributed by atoms with Crippen molar-refractivity contribution in [1.29, 1.82) is 0 Å². The van der Waals surface area contributed by atoms with Crippen LogP contribution >= 0.6 is 0 Å². The zero-order valence-electron chi connectivity index (χ0n) is 14.4. The number of hydrogen-bond donors (Lipinski definition) is 0. The molecule has 0 aromatic carbocycles. The van der Waals surface area contributed by atoms with Gasteiger partial charge < -0.3 is 0 Å². The van der Waals surface area contributed by atoms with Crippen LogP contribution in [0.15, 0.2) is 5.11 Å². The number of hydrogen-bond acceptors (Lipinski definition) is 1. The summed E-state index contributed by atoms with van der Waals surface area (Å²) in [7, 11) is -1.72. The molecule has 0 spiro atoms.